The maximum atomic E-state index is 6.03. The van der Waals surface area contributed by atoms with Gasteiger partial charge >= 0.3 is 0 Å². The first-order chi connectivity index (χ1) is 10.1. The number of methoxy groups -OCH3 is 1. The van der Waals surface area contributed by atoms with E-state index in [4.69, 9.17) is 16.3 Å². The van der Waals surface area contributed by atoms with Crippen molar-refractivity contribution in [2.24, 2.45) is 5.92 Å². The van der Waals surface area contributed by atoms with Crippen LogP contribution in [-0.2, 0) is 5.75 Å². The number of nitrogens with zero attached hydrogens (tertiary/aromatic N) is 2. The van der Waals surface area contributed by atoms with Crippen LogP contribution >= 0.6 is 34.7 Å². The molecule has 0 amide bonds. The zero-order valence-corrected chi connectivity index (χ0v) is 14.6. The molecule has 0 radical (unpaired) electrons. The van der Waals surface area contributed by atoms with Crippen LogP contribution in [0, 0.1) is 5.92 Å². The van der Waals surface area contributed by atoms with Crippen LogP contribution in [0.25, 0.3) is 0 Å². The molecule has 4 nitrogen and oxygen atoms in total. The van der Waals surface area contributed by atoms with Gasteiger partial charge in [-0.3, -0.25) is 0 Å². The molecule has 2 rings (SSSR count). The summed E-state index contributed by atoms with van der Waals surface area (Å²) in [6.45, 7) is 5.23. The summed E-state index contributed by atoms with van der Waals surface area (Å²) in [5.74, 6) is 2.18. The zero-order valence-electron chi connectivity index (χ0n) is 12.2. The second kappa shape index (κ2) is 7.87. The molecule has 1 aromatic carbocycles. The number of hydrogen-bond acceptors (Lipinski definition) is 6. The van der Waals surface area contributed by atoms with Crippen LogP contribution < -0.4 is 10.1 Å². The summed E-state index contributed by atoms with van der Waals surface area (Å²) in [5.41, 5.74) is 1.06. The topological polar surface area (TPSA) is 47.0 Å². The quantitative estimate of drug-likeness (QED) is 0.747. The van der Waals surface area contributed by atoms with Crippen molar-refractivity contribution in [3.8, 4) is 5.75 Å². The van der Waals surface area contributed by atoms with E-state index in [-0.39, 0.29) is 0 Å². The van der Waals surface area contributed by atoms with Gasteiger partial charge in [0.1, 0.15) is 5.75 Å². The molecule has 0 bridgehead atoms. The number of thioether (sulfide) groups is 1. The molecule has 0 aliphatic rings. The van der Waals surface area contributed by atoms with E-state index in [0.29, 0.717) is 10.9 Å². The van der Waals surface area contributed by atoms with Crippen LogP contribution in [-0.4, -0.2) is 23.9 Å². The van der Waals surface area contributed by atoms with Crippen molar-refractivity contribution in [2.45, 2.75) is 23.9 Å². The van der Waals surface area contributed by atoms with Crippen LogP contribution in [0.1, 0.15) is 19.4 Å². The normalized spacial score (nSPS) is 10.9. The molecule has 114 valence electrons. The lowest BCUT2D eigenvalue weighted by molar-refractivity contribution is 0.411. The standard InChI is InChI=1S/C14H18ClN3OS2/c1-9(2)7-16-13-17-18-14(21-13)20-8-10-6-11(15)4-5-12(10)19-3/h4-6,9H,7-8H2,1-3H3,(H,16,17). The van der Waals surface area contributed by atoms with E-state index in [1.807, 2.05) is 18.2 Å². The number of hydrogen-bond donors (Lipinski definition) is 1. The first-order valence-corrected chi connectivity index (χ1v) is 8.79. The van der Waals surface area contributed by atoms with E-state index in [0.717, 1.165) is 33.1 Å². The lowest BCUT2D eigenvalue weighted by atomic mass is 10.2. The summed E-state index contributed by atoms with van der Waals surface area (Å²) < 4.78 is 6.28. The third-order valence-corrected chi connectivity index (χ3v) is 4.96. The molecular weight excluding hydrogens is 326 g/mol. The van der Waals surface area contributed by atoms with Crippen LogP contribution in [0.15, 0.2) is 22.5 Å². The summed E-state index contributed by atoms with van der Waals surface area (Å²) in [6.07, 6.45) is 0. The van der Waals surface area contributed by atoms with Gasteiger partial charge in [0, 0.05) is 22.9 Å². The van der Waals surface area contributed by atoms with Gasteiger partial charge in [0.25, 0.3) is 0 Å². The predicted octanol–water partition coefficient (Wildman–Crippen LogP) is 4.56. The Morgan fingerprint density at radius 3 is 2.90 bits per heavy atom. The molecule has 1 N–H and O–H groups in total. The third kappa shape index (κ3) is 5.05. The van der Waals surface area contributed by atoms with Crippen LogP contribution in [0.5, 0.6) is 5.75 Å². The molecule has 2 aromatic rings. The van der Waals surface area contributed by atoms with Gasteiger partial charge in [-0.15, -0.1) is 10.2 Å². The molecular formula is C14H18ClN3OS2. The largest absolute Gasteiger partial charge is 0.496 e. The molecule has 0 saturated heterocycles. The van der Waals surface area contributed by atoms with Crippen molar-refractivity contribution in [3.05, 3.63) is 28.8 Å². The second-order valence-corrected chi connectivity index (χ2v) is 7.53. The number of aromatic nitrogens is 2. The second-order valence-electron chi connectivity index (χ2n) is 4.89. The average Bonchev–Trinajstić information content (AvgIpc) is 2.91. The zero-order chi connectivity index (χ0) is 15.2. The molecule has 0 spiro atoms. The molecule has 0 aliphatic carbocycles. The Labute approximate surface area is 138 Å². The van der Waals surface area contributed by atoms with Gasteiger partial charge in [0.2, 0.25) is 5.13 Å². The van der Waals surface area contributed by atoms with Gasteiger partial charge in [-0.2, -0.15) is 0 Å². The summed E-state index contributed by atoms with van der Waals surface area (Å²) in [5, 5.41) is 13.2. The van der Waals surface area contributed by atoms with Gasteiger partial charge in [-0.25, -0.2) is 0 Å². The Bertz CT molecular complexity index is 589. The fourth-order valence-electron chi connectivity index (χ4n) is 1.63. The highest BCUT2D eigenvalue weighted by atomic mass is 35.5. The Morgan fingerprint density at radius 1 is 1.38 bits per heavy atom. The van der Waals surface area contributed by atoms with Gasteiger partial charge in [0.05, 0.1) is 7.11 Å². The lowest BCUT2D eigenvalue weighted by Gasteiger charge is -2.07. The Hall–Kier alpha value is -0.980. The SMILES string of the molecule is COc1ccc(Cl)cc1CSc1nnc(NCC(C)C)s1. The first kappa shape index (κ1) is 16.4. The number of benzene rings is 1. The molecule has 0 saturated carbocycles. The van der Waals surface area contributed by atoms with Crippen molar-refractivity contribution in [2.75, 3.05) is 19.0 Å². The minimum atomic E-state index is 0.584. The number of halogens is 1. The van der Waals surface area contributed by atoms with Crippen LogP contribution in [0.2, 0.25) is 5.02 Å². The minimum Gasteiger partial charge on any atom is -0.496 e. The van der Waals surface area contributed by atoms with Crippen LogP contribution in [0.4, 0.5) is 5.13 Å². The molecule has 1 aromatic heterocycles. The molecule has 7 heteroatoms. The number of nitrogens with one attached hydrogen (secondary N) is 1. The van der Waals surface area contributed by atoms with Gasteiger partial charge in [0.15, 0.2) is 4.34 Å². The van der Waals surface area contributed by atoms with E-state index in [1.165, 1.54) is 0 Å². The monoisotopic (exact) mass is 343 g/mol. The van der Waals surface area contributed by atoms with E-state index >= 15 is 0 Å². The summed E-state index contributed by atoms with van der Waals surface area (Å²) in [4.78, 5) is 0. The highest BCUT2D eigenvalue weighted by Gasteiger charge is 2.09. The van der Waals surface area contributed by atoms with Crippen molar-refractivity contribution >= 4 is 39.8 Å². The van der Waals surface area contributed by atoms with Gasteiger partial charge < -0.3 is 10.1 Å². The fraction of sp³-hybridized carbons (Fsp3) is 0.429. The summed E-state index contributed by atoms with van der Waals surface area (Å²) >= 11 is 9.23. The molecule has 0 unspecified atom stereocenters. The van der Waals surface area contributed by atoms with Crippen molar-refractivity contribution in [1.82, 2.24) is 10.2 Å². The third-order valence-electron chi connectivity index (χ3n) is 2.66. The van der Waals surface area contributed by atoms with E-state index in [1.54, 1.807) is 30.2 Å². The fourth-order valence-corrected chi connectivity index (χ4v) is 3.56. The smallest absolute Gasteiger partial charge is 0.206 e. The lowest BCUT2D eigenvalue weighted by Crippen LogP contribution is -2.07. The predicted molar refractivity (Wildman–Crippen MR) is 90.8 cm³/mol. The highest BCUT2D eigenvalue weighted by molar-refractivity contribution is 8.00. The van der Waals surface area contributed by atoms with Gasteiger partial charge in [-0.1, -0.05) is 48.5 Å². The molecule has 0 atom stereocenters. The Morgan fingerprint density at radius 2 is 2.19 bits per heavy atom. The molecule has 0 fully saturated rings. The molecule has 21 heavy (non-hydrogen) atoms. The van der Waals surface area contributed by atoms with E-state index < -0.39 is 0 Å². The number of ether oxygens (including phenoxy) is 1. The van der Waals surface area contributed by atoms with Crippen LogP contribution in [0.3, 0.4) is 0 Å². The highest BCUT2D eigenvalue weighted by Crippen LogP contribution is 2.32. The molecule has 1 heterocycles. The molecule has 0 aliphatic heterocycles. The number of anilines is 1. The minimum absolute atomic E-state index is 0.584. The number of rotatable bonds is 7. The first-order valence-electron chi connectivity index (χ1n) is 6.61. The maximum absolute atomic E-state index is 6.03. The van der Waals surface area contributed by atoms with E-state index in [9.17, 15) is 0 Å². The van der Waals surface area contributed by atoms with Crippen molar-refractivity contribution in [3.63, 3.8) is 0 Å². The summed E-state index contributed by atoms with van der Waals surface area (Å²) in [6, 6.07) is 5.63. The Balaban J connectivity index is 1.95. The van der Waals surface area contributed by atoms with Gasteiger partial charge in [-0.05, 0) is 24.1 Å². The van der Waals surface area contributed by atoms with Crippen molar-refractivity contribution < 1.29 is 4.74 Å². The maximum Gasteiger partial charge on any atom is 0.206 e. The van der Waals surface area contributed by atoms with Crippen molar-refractivity contribution in [1.29, 1.82) is 0 Å². The van der Waals surface area contributed by atoms with E-state index in [2.05, 4.69) is 29.4 Å². The average molecular weight is 344 g/mol. The summed E-state index contributed by atoms with van der Waals surface area (Å²) in [7, 11) is 1.66. The Kier molecular flexibility index (Phi) is 6.14.